The van der Waals surface area contributed by atoms with E-state index in [0.29, 0.717) is 4.99 Å². The summed E-state index contributed by atoms with van der Waals surface area (Å²) in [7, 11) is 0. The van der Waals surface area contributed by atoms with Gasteiger partial charge in [0.05, 0.1) is 5.01 Å². The Kier molecular flexibility index (Phi) is 4.28. The van der Waals surface area contributed by atoms with Gasteiger partial charge in [-0.05, 0) is 30.7 Å². The molecule has 0 bridgehead atoms. The number of anilines is 1. The molecule has 3 nitrogen and oxygen atoms in total. The van der Waals surface area contributed by atoms with Crippen molar-refractivity contribution < 1.29 is 0 Å². The van der Waals surface area contributed by atoms with Gasteiger partial charge < -0.3 is 11.1 Å². The van der Waals surface area contributed by atoms with E-state index in [4.69, 9.17) is 18.0 Å². The normalized spacial score (nSPS) is 10.3. The first-order chi connectivity index (χ1) is 8.66. The van der Waals surface area contributed by atoms with Gasteiger partial charge >= 0.3 is 0 Å². The van der Waals surface area contributed by atoms with Gasteiger partial charge in [-0.2, -0.15) is 0 Å². The molecule has 0 spiro atoms. The van der Waals surface area contributed by atoms with E-state index in [9.17, 15) is 0 Å². The summed E-state index contributed by atoms with van der Waals surface area (Å²) in [5.74, 6) is 0. The maximum absolute atomic E-state index is 5.63. The predicted octanol–water partition coefficient (Wildman–Crippen LogP) is 2.74. The van der Waals surface area contributed by atoms with Crippen molar-refractivity contribution >= 4 is 34.2 Å². The van der Waals surface area contributed by atoms with Gasteiger partial charge in [0.1, 0.15) is 4.99 Å². The number of hydrogen-bond acceptors (Lipinski definition) is 4. The number of rotatable bonds is 5. The third kappa shape index (κ3) is 3.27. The van der Waals surface area contributed by atoms with Crippen LogP contribution in [0.15, 0.2) is 29.8 Å². The minimum atomic E-state index is 0.446. The quantitative estimate of drug-likeness (QED) is 0.825. The summed E-state index contributed by atoms with van der Waals surface area (Å²) in [6, 6.07) is 6.03. The van der Waals surface area contributed by atoms with Crippen LogP contribution in [-0.2, 0) is 6.42 Å². The molecular formula is C13H15N3S2. The van der Waals surface area contributed by atoms with Crippen LogP contribution < -0.4 is 11.1 Å². The van der Waals surface area contributed by atoms with E-state index in [1.807, 2.05) is 30.6 Å². The number of thiocarbonyl (C=S) groups is 1. The number of benzene rings is 1. The SMILES string of the molecule is Cc1cc(NCCc2nccs2)ccc1C(N)=S. The molecule has 2 aromatic rings. The number of nitrogens with zero attached hydrogens (tertiary/aromatic N) is 1. The van der Waals surface area contributed by atoms with Crippen LogP contribution in [0.2, 0.25) is 0 Å². The Morgan fingerprint density at radius 1 is 1.50 bits per heavy atom. The van der Waals surface area contributed by atoms with E-state index in [1.165, 1.54) is 0 Å². The van der Waals surface area contributed by atoms with Crippen LogP contribution in [0, 0.1) is 6.92 Å². The molecule has 0 amide bonds. The lowest BCUT2D eigenvalue weighted by Gasteiger charge is -2.09. The van der Waals surface area contributed by atoms with E-state index >= 15 is 0 Å². The average molecular weight is 277 g/mol. The van der Waals surface area contributed by atoms with Gasteiger partial charge in [0, 0.05) is 35.8 Å². The van der Waals surface area contributed by atoms with Crippen molar-refractivity contribution in [2.75, 3.05) is 11.9 Å². The molecule has 0 aliphatic heterocycles. The molecule has 0 saturated carbocycles. The molecule has 1 heterocycles. The Morgan fingerprint density at radius 2 is 2.33 bits per heavy atom. The number of nitrogens with one attached hydrogen (secondary N) is 1. The van der Waals surface area contributed by atoms with Crippen molar-refractivity contribution in [1.29, 1.82) is 0 Å². The van der Waals surface area contributed by atoms with Gasteiger partial charge in [0.2, 0.25) is 0 Å². The fourth-order valence-corrected chi connectivity index (χ4v) is 2.59. The molecule has 3 N–H and O–H groups in total. The largest absolute Gasteiger partial charge is 0.389 e. The van der Waals surface area contributed by atoms with E-state index < -0.39 is 0 Å². The summed E-state index contributed by atoms with van der Waals surface area (Å²) >= 11 is 6.67. The van der Waals surface area contributed by atoms with E-state index in [1.54, 1.807) is 11.3 Å². The topological polar surface area (TPSA) is 50.9 Å². The molecule has 0 fully saturated rings. The number of aromatic nitrogens is 1. The molecule has 94 valence electrons. The Morgan fingerprint density at radius 3 is 2.94 bits per heavy atom. The highest BCUT2D eigenvalue weighted by Crippen LogP contribution is 2.15. The Labute approximate surface area is 116 Å². The molecule has 1 aromatic carbocycles. The summed E-state index contributed by atoms with van der Waals surface area (Å²) < 4.78 is 0. The number of thiazole rings is 1. The summed E-state index contributed by atoms with van der Waals surface area (Å²) in [5, 5.41) is 6.52. The summed E-state index contributed by atoms with van der Waals surface area (Å²) in [5.41, 5.74) is 8.76. The minimum Gasteiger partial charge on any atom is -0.389 e. The zero-order valence-corrected chi connectivity index (χ0v) is 11.8. The second-order valence-electron chi connectivity index (χ2n) is 4.00. The maximum Gasteiger partial charge on any atom is 0.104 e. The third-order valence-corrected chi connectivity index (χ3v) is 3.70. The molecule has 0 saturated heterocycles. The standard InChI is InChI=1S/C13H15N3S2/c1-9-8-10(2-3-11(9)13(14)17)15-5-4-12-16-6-7-18-12/h2-3,6-8,15H,4-5H2,1H3,(H2,14,17). The average Bonchev–Trinajstić information content (AvgIpc) is 2.81. The molecule has 2 rings (SSSR count). The zero-order chi connectivity index (χ0) is 13.0. The second-order valence-corrected chi connectivity index (χ2v) is 5.42. The van der Waals surface area contributed by atoms with Crippen LogP contribution in [-0.4, -0.2) is 16.5 Å². The summed E-state index contributed by atoms with van der Waals surface area (Å²) in [4.78, 5) is 4.69. The van der Waals surface area contributed by atoms with Gasteiger partial charge in [0.25, 0.3) is 0 Å². The second kappa shape index (κ2) is 5.93. The van der Waals surface area contributed by atoms with Crippen LogP contribution in [0.4, 0.5) is 5.69 Å². The van der Waals surface area contributed by atoms with Crippen LogP contribution in [0.3, 0.4) is 0 Å². The molecular weight excluding hydrogens is 262 g/mol. The van der Waals surface area contributed by atoms with Gasteiger partial charge in [-0.15, -0.1) is 11.3 Å². The maximum atomic E-state index is 5.63. The van der Waals surface area contributed by atoms with Gasteiger partial charge in [-0.3, -0.25) is 0 Å². The van der Waals surface area contributed by atoms with E-state index in [-0.39, 0.29) is 0 Å². The van der Waals surface area contributed by atoms with Crippen molar-refractivity contribution in [3.8, 4) is 0 Å². The van der Waals surface area contributed by atoms with Crippen molar-refractivity contribution in [2.45, 2.75) is 13.3 Å². The lowest BCUT2D eigenvalue weighted by atomic mass is 10.1. The van der Waals surface area contributed by atoms with Crippen LogP contribution in [0.25, 0.3) is 0 Å². The van der Waals surface area contributed by atoms with E-state index in [0.717, 1.165) is 34.8 Å². The van der Waals surface area contributed by atoms with Crippen molar-refractivity contribution in [1.82, 2.24) is 4.98 Å². The molecule has 0 radical (unpaired) electrons. The molecule has 0 unspecified atom stereocenters. The Balaban J connectivity index is 1.94. The Bertz CT molecular complexity index is 535. The number of aryl methyl sites for hydroxylation is 1. The summed E-state index contributed by atoms with van der Waals surface area (Å²) in [6.45, 7) is 2.89. The van der Waals surface area contributed by atoms with Crippen LogP contribution >= 0.6 is 23.6 Å². The molecule has 0 aliphatic carbocycles. The summed E-state index contributed by atoms with van der Waals surface area (Å²) in [6.07, 6.45) is 2.77. The highest BCUT2D eigenvalue weighted by Gasteiger charge is 2.02. The first-order valence-electron chi connectivity index (χ1n) is 5.69. The van der Waals surface area contributed by atoms with Crippen LogP contribution in [0.5, 0.6) is 0 Å². The lowest BCUT2D eigenvalue weighted by Crippen LogP contribution is -2.12. The highest BCUT2D eigenvalue weighted by molar-refractivity contribution is 7.80. The fraction of sp³-hybridized carbons (Fsp3) is 0.231. The molecule has 1 aromatic heterocycles. The first kappa shape index (κ1) is 13.0. The molecule has 18 heavy (non-hydrogen) atoms. The Hall–Kier alpha value is -1.46. The van der Waals surface area contributed by atoms with Gasteiger partial charge in [0.15, 0.2) is 0 Å². The van der Waals surface area contributed by atoms with E-state index in [2.05, 4.69) is 16.4 Å². The predicted molar refractivity (Wildman–Crippen MR) is 81.4 cm³/mol. The van der Waals surface area contributed by atoms with Crippen molar-refractivity contribution in [2.24, 2.45) is 5.73 Å². The number of hydrogen-bond donors (Lipinski definition) is 2. The fourth-order valence-electron chi connectivity index (χ4n) is 1.74. The molecule has 0 atom stereocenters. The van der Waals surface area contributed by atoms with Crippen LogP contribution in [0.1, 0.15) is 16.1 Å². The number of nitrogens with two attached hydrogens (primary N) is 1. The monoisotopic (exact) mass is 277 g/mol. The lowest BCUT2D eigenvalue weighted by molar-refractivity contribution is 0.998. The van der Waals surface area contributed by atoms with Gasteiger partial charge in [-0.1, -0.05) is 12.2 Å². The van der Waals surface area contributed by atoms with Gasteiger partial charge in [-0.25, -0.2) is 4.98 Å². The third-order valence-electron chi connectivity index (χ3n) is 2.64. The zero-order valence-electron chi connectivity index (χ0n) is 10.1. The van der Waals surface area contributed by atoms with Crippen molar-refractivity contribution in [3.63, 3.8) is 0 Å². The smallest absolute Gasteiger partial charge is 0.104 e. The first-order valence-corrected chi connectivity index (χ1v) is 6.98. The molecule has 0 aliphatic rings. The minimum absolute atomic E-state index is 0.446. The van der Waals surface area contributed by atoms with Crippen molar-refractivity contribution in [3.05, 3.63) is 45.9 Å². The highest BCUT2D eigenvalue weighted by atomic mass is 32.1. The molecule has 5 heteroatoms.